The van der Waals surface area contributed by atoms with Crippen LogP contribution in [0.25, 0.3) is 0 Å². The molecule has 1 aliphatic carbocycles. The van der Waals surface area contributed by atoms with Crippen LogP contribution in [-0.4, -0.2) is 12.6 Å². The Hall–Kier alpha value is -0.300. The minimum absolute atomic E-state index is 0.812. The summed E-state index contributed by atoms with van der Waals surface area (Å²) < 4.78 is 0. The van der Waals surface area contributed by atoms with E-state index in [0.717, 1.165) is 12.0 Å². The number of allylic oxidation sites excluding steroid dienone is 1. The molecular weight excluding hydrogens is 218 g/mol. The molecule has 2 atom stereocenters. The molecule has 0 spiro atoms. The van der Waals surface area contributed by atoms with Crippen molar-refractivity contribution in [1.29, 1.82) is 0 Å². The molecule has 2 unspecified atom stereocenters. The van der Waals surface area contributed by atoms with Crippen LogP contribution in [0.1, 0.15) is 77.6 Å². The van der Waals surface area contributed by atoms with Crippen molar-refractivity contribution < 1.29 is 0 Å². The van der Waals surface area contributed by atoms with Crippen LogP contribution >= 0.6 is 0 Å². The van der Waals surface area contributed by atoms with E-state index in [4.69, 9.17) is 0 Å². The molecule has 0 aromatic heterocycles. The molecule has 0 aromatic carbocycles. The second kappa shape index (κ2) is 10.6. The Morgan fingerprint density at radius 1 is 1.11 bits per heavy atom. The monoisotopic (exact) mass is 251 g/mol. The number of nitrogens with one attached hydrogen (secondary N) is 1. The highest BCUT2D eigenvalue weighted by atomic mass is 14.9. The van der Waals surface area contributed by atoms with Gasteiger partial charge in [0, 0.05) is 6.04 Å². The van der Waals surface area contributed by atoms with Gasteiger partial charge >= 0.3 is 0 Å². The van der Waals surface area contributed by atoms with Crippen molar-refractivity contribution >= 4 is 0 Å². The second-order valence-electron chi connectivity index (χ2n) is 5.89. The van der Waals surface area contributed by atoms with E-state index in [0.29, 0.717) is 0 Å². The van der Waals surface area contributed by atoms with Crippen molar-refractivity contribution in [1.82, 2.24) is 5.32 Å². The fraction of sp³-hybridized carbons (Fsp3) is 0.882. The molecule has 0 saturated heterocycles. The van der Waals surface area contributed by atoms with Gasteiger partial charge in [0.25, 0.3) is 0 Å². The molecule has 1 nitrogen and oxygen atoms in total. The number of unbranched alkanes of at least 4 members (excludes halogenated alkanes) is 3. The largest absolute Gasteiger partial charge is 0.314 e. The maximum Gasteiger partial charge on any atom is 0.00953 e. The molecule has 0 aromatic rings. The molecule has 1 heteroatoms. The Morgan fingerprint density at radius 3 is 2.72 bits per heavy atom. The SMILES string of the molecule is C=CCCCCCC1CCCCCC1NCCC. The summed E-state index contributed by atoms with van der Waals surface area (Å²) >= 11 is 0. The molecule has 0 radical (unpaired) electrons. The van der Waals surface area contributed by atoms with Crippen molar-refractivity contribution in [3.8, 4) is 0 Å². The lowest BCUT2D eigenvalue weighted by molar-refractivity contribution is 0.308. The van der Waals surface area contributed by atoms with Gasteiger partial charge in [-0.05, 0) is 51.0 Å². The van der Waals surface area contributed by atoms with Crippen LogP contribution in [0.4, 0.5) is 0 Å². The zero-order valence-electron chi connectivity index (χ0n) is 12.4. The Morgan fingerprint density at radius 2 is 1.94 bits per heavy atom. The van der Waals surface area contributed by atoms with Crippen LogP contribution in [0.15, 0.2) is 12.7 Å². The maximum atomic E-state index is 3.80. The van der Waals surface area contributed by atoms with Crippen LogP contribution in [0.5, 0.6) is 0 Å². The maximum absolute atomic E-state index is 3.80. The van der Waals surface area contributed by atoms with Crippen LogP contribution in [0.3, 0.4) is 0 Å². The number of hydrogen-bond donors (Lipinski definition) is 1. The van der Waals surface area contributed by atoms with E-state index >= 15 is 0 Å². The van der Waals surface area contributed by atoms with Crippen molar-refractivity contribution in [2.45, 2.75) is 83.6 Å². The quantitative estimate of drug-likeness (QED) is 0.343. The van der Waals surface area contributed by atoms with Gasteiger partial charge in [0.1, 0.15) is 0 Å². The summed E-state index contributed by atoms with van der Waals surface area (Å²) in [5.74, 6) is 0.947. The number of hydrogen-bond acceptors (Lipinski definition) is 1. The first-order valence-electron chi connectivity index (χ1n) is 8.22. The van der Waals surface area contributed by atoms with Gasteiger partial charge in [0.05, 0.1) is 0 Å². The molecule has 0 amide bonds. The predicted octanol–water partition coefficient (Wildman–Crippen LogP) is 5.07. The van der Waals surface area contributed by atoms with Gasteiger partial charge in [-0.2, -0.15) is 0 Å². The number of rotatable bonds is 9. The lowest BCUT2D eigenvalue weighted by Gasteiger charge is -2.26. The third-order valence-electron chi connectivity index (χ3n) is 4.30. The average molecular weight is 251 g/mol. The normalized spacial score (nSPS) is 24.7. The molecule has 1 fully saturated rings. The average Bonchev–Trinajstić information content (AvgIpc) is 2.61. The fourth-order valence-electron chi connectivity index (χ4n) is 3.20. The van der Waals surface area contributed by atoms with Crippen LogP contribution in [0.2, 0.25) is 0 Å². The molecular formula is C17H33N. The standard InChI is InChI=1S/C17H33N/c1-3-5-6-7-9-12-16-13-10-8-11-14-17(16)18-15-4-2/h3,16-18H,1,4-15H2,2H3. The lowest BCUT2D eigenvalue weighted by Crippen LogP contribution is -2.36. The van der Waals surface area contributed by atoms with Crippen molar-refractivity contribution in [2.24, 2.45) is 5.92 Å². The first-order valence-corrected chi connectivity index (χ1v) is 8.22. The van der Waals surface area contributed by atoms with Gasteiger partial charge in [0.2, 0.25) is 0 Å². The molecule has 18 heavy (non-hydrogen) atoms. The summed E-state index contributed by atoms with van der Waals surface area (Å²) in [4.78, 5) is 0. The fourth-order valence-corrected chi connectivity index (χ4v) is 3.20. The summed E-state index contributed by atoms with van der Waals surface area (Å²) in [5.41, 5.74) is 0. The Balaban J connectivity index is 2.24. The minimum atomic E-state index is 0.812. The second-order valence-corrected chi connectivity index (χ2v) is 5.89. The van der Waals surface area contributed by atoms with E-state index in [1.54, 1.807) is 0 Å². The Kier molecular flexibility index (Phi) is 9.28. The van der Waals surface area contributed by atoms with Gasteiger partial charge in [-0.15, -0.1) is 6.58 Å². The summed E-state index contributed by atoms with van der Waals surface area (Å²) in [6.45, 7) is 7.27. The highest BCUT2D eigenvalue weighted by Gasteiger charge is 2.22. The van der Waals surface area contributed by atoms with Crippen LogP contribution in [0, 0.1) is 5.92 Å². The summed E-state index contributed by atoms with van der Waals surface area (Å²) in [5, 5.41) is 3.80. The molecule has 0 heterocycles. The first-order chi connectivity index (χ1) is 8.88. The Bertz CT molecular complexity index is 200. The zero-order valence-corrected chi connectivity index (χ0v) is 12.4. The van der Waals surface area contributed by atoms with E-state index in [2.05, 4.69) is 24.9 Å². The van der Waals surface area contributed by atoms with E-state index in [1.807, 2.05) is 0 Å². The van der Waals surface area contributed by atoms with Crippen LogP contribution in [-0.2, 0) is 0 Å². The molecule has 1 rings (SSSR count). The first kappa shape index (κ1) is 15.8. The van der Waals surface area contributed by atoms with Crippen molar-refractivity contribution in [2.75, 3.05) is 6.54 Å². The summed E-state index contributed by atoms with van der Waals surface area (Å²) in [6.07, 6.45) is 17.3. The third kappa shape index (κ3) is 6.58. The van der Waals surface area contributed by atoms with Crippen molar-refractivity contribution in [3.05, 3.63) is 12.7 Å². The summed E-state index contributed by atoms with van der Waals surface area (Å²) in [7, 11) is 0. The van der Waals surface area contributed by atoms with Gasteiger partial charge < -0.3 is 5.32 Å². The molecule has 1 saturated carbocycles. The topological polar surface area (TPSA) is 12.0 Å². The van der Waals surface area contributed by atoms with E-state index in [-0.39, 0.29) is 0 Å². The highest BCUT2D eigenvalue weighted by Crippen LogP contribution is 2.28. The minimum Gasteiger partial charge on any atom is -0.314 e. The predicted molar refractivity (Wildman–Crippen MR) is 81.9 cm³/mol. The molecule has 106 valence electrons. The smallest absolute Gasteiger partial charge is 0.00953 e. The molecule has 0 aliphatic heterocycles. The van der Waals surface area contributed by atoms with Gasteiger partial charge in [0.15, 0.2) is 0 Å². The van der Waals surface area contributed by atoms with Crippen molar-refractivity contribution in [3.63, 3.8) is 0 Å². The molecule has 0 bridgehead atoms. The molecule has 1 aliphatic rings. The van der Waals surface area contributed by atoms with Gasteiger partial charge in [-0.25, -0.2) is 0 Å². The van der Waals surface area contributed by atoms with E-state index in [1.165, 1.54) is 77.2 Å². The summed E-state index contributed by atoms with van der Waals surface area (Å²) in [6, 6.07) is 0.812. The van der Waals surface area contributed by atoms with Crippen LogP contribution < -0.4 is 5.32 Å². The zero-order chi connectivity index (χ0) is 13.1. The highest BCUT2D eigenvalue weighted by molar-refractivity contribution is 4.79. The Labute approximate surface area is 114 Å². The van der Waals surface area contributed by atoms with Gasteiger partial charge in [-0.3, -0.25) is 0 Å². The third-order valence-corrected chi connectivity index (χ3v) is 4.30. The van der Waals surface area contributed by atoms with E-state index in [9.17, 15) is 0 Å². The van der Waals surface area contributed by atoms with Gasteiger partial charge in [-0.1, -0.05) is 45.1 Å². The lowest BCUT2D eigenvalue weighted by atomic mass is 9.89. The molecule has 1 N–H and O–H groups in total. The van der Waals surface area contributed by atoms with E-state index < -0.39 is 0 Å².